The van der Waals surface area contributed by atoms with E-state index in [0.717, 1.165) is 6.54 Å². The van der Waals surface area contributed by atoms with Crippen LogP contribution >= 0.6 is 0 Å². The molecule has 4 nitrogen and oxygen atoms in total. The van der Waals surface area contributed by atoms with E-state index in [1.165, 1.54) is 51.6 Å². The molecule has 0 bridgehead atoms. The first-order valence-electron chi connectivity index (χ1n) is 7.02. The van der Waals surface area contributed by atoms with Crippen LogP contribution in [-0.2, 0) is 9.84 Å². The zero-order valence-electron chi connectivity index (χ0n) is 11.6. The molecule has 0 radical (unpaired) electrons. The van der Waals surface area contributed by atoms with Gasteiger partial charge in [-0.3, -0.25) is 0 Å². The molecule has 2 aliphatic rings. The predicted molar refractivity (Wildman–Crippen MR) is 74.5 cm³/mol. The Kier molecular flexibility index (Phi) is 4.34. The summed E-state index contributed by atoms with van der Waals surface area (Å²) >= 11 is 0. The Labute approximate surface area is 111 Å². The third-order valence-corrected chi connectivity index (χ3v) is 5.20. The van der Waals surface area contributed by atoms with Crippen LogP contribution in [0.5, 0.6) is 0 Å². The first kappa shape index (κ1) is 14.3. The number of rotatable bonds is 7. The molecule has 2 rings (SSSR count). The molecule has 1 N–H and O–H groups in total. The van der Waals surface area contributed by atoms with Crippen LogP contribution in [0.2, 0.25) is 0 Å². The molecule has 0 aromatic heterocycles. The van der Waals surface area contributed by atoms with Crippen molar-refractivity contribution in [3.8, 4) is 0 Å². The Morgan fingerprint density at radius 1 is 1.28 bits per heavy atom. The van der Waals surface area contributed by atoms with Crippen LogP contribution in [0.4, 0.5) is 0 Å². The van der Waals surface area contributed by atoms with Gasteiger partial charge in [0.05, 0.1) is 5.75 Å². The highest BCUT2D eigenvalue weighted by Gasteiger charge is 2.43. The fourth-order valence-electron chi connectivity index (χ4n) is 2.89. The summed E-state index contributed by atoms with van der Waals surface area (Å²) in [6.07, 6.45) is 6.58. The van der Waals surface area contributed by atoms with Gasteiger partial charge in [-0.25, -0.2) is 8.42 Å². The Bertz CT molecular complexity index is 370. The Hall–Kier alpha value is -0.130. The maximum Gasteiger partial charge on any atom is 0.148 e. The quantitative estimate of drug-likeness (QED) is 0.749. The molecule has 1 saturated carbocycles. The molecular formula is C13H26N2O2S. The second kappa shape index (κ2) is 5.47. The first-order chi connectivity index (χ1) is 8.39. The monoisotopic (exact) mass is 274 g/mol. The van der Waals surface area contributed by atoms with Crippen molar-refractivity contribution in [2.75, 3.05) is 38.2 Å². The minimum absolute atomic E-state index is 0.0658. The van der Waals surface area contributed by atoms with Gasteiger partial charge in [0.2, 0.25) is 0 Å². The molecule has 0 aromatic rings. The lowest BCUT2D eigenvalue weighted by atomic mass is 10.1. The van der Waals surface area contributed by atoms with Gasteiger partial charge in [-0.15, -0.1) is 0 Å². The van der Waals surface area contributed by atoms with E-state index in [1.807, 2.05) is 6.92 Å². The number of likely N-dealkylation sites (tertiary alicyclic amines) is 1. The van der Waals surface area contributed by atoms with E-state index in [1.54, 1.807) is 0 Å². The fourth-order valence-corrected chi connectivity index (χ4v) is 3.91. The molecule has 0 spiro atoms. The molecule has 18 heavy (non-hydrogen) atoms. The molecule has 1 heterocycles. The van der Waals surface area contributed by atoms with Gasteiger partial charge in [0.1, 0.15) is 9.84 Å². The lowest BCUT2D eigenvalue weighted by Gasteiger charge is -2.25. The zero-order chi connectivity index (χ0) is 13.2. The Morgan fingerprint density at radius 3 is 2.39 bits per heavy atom. The van der Waals surface area contributed by atoms with E-state index in [4.69, 9.17) is 0 Å². The second-order valence-electron chi connectivity index (χ2n) is 6.36. The summed E-state index contributed by atoms with van der Waals surface area (Å²) in [7, 11) is -2.87. The Morgan fingerprint density at radius 2 is 1.89 bits per heavy atom. The maximum atomic E-state index is 11.2. The summed E-state index contributed by atoms with van der Waals surface area (Å²) in [5, 5.41) is 3.41. The summed E-state index contributed by atoms with van der Waals surface area (Å²) in [5.74, 6) is 0.243. The summed E-state index contributed by atoms with van der Waals surface area (Å²) in [5.41, 5.74) is 0.441. The largest absolute Gasteiger partial charge is 0.313 e. The van der Waals surface area contributed by atoms with Crippen LogP contribution in [0.3, 0.4) is 0 Å². The standard InChI is InChI=1S/C13H26N2O2S/c1-12(9-18(2,16)17)14-10-13(5-6-13)11-15-7-3-4-8-15/h12,14H,3-11H2,1-2H3. The van der Waals surface area contributed by atoms with Crippen molar-refractivity contribution < 1.29 is 8.42 Å². The maximum absolute atomic E-state index is 11.2. The average molecular weight is 274 g/mol. The topological polar surface area (TPSA) is 49.4 Å². The summed E-state index contributed by atoms with van der Waals surface area (Å²) in [4.78, 5) is 2.57. The molecule has 1 atom stereocenters. The van der Waals surface area contributed by atoms with Crippen molar-refractivity contribution in [1.29, 1.82) is 0 Å². The molecule has 0 amide bonds. The van der Waals surface area contributed by atoms with Gasteiger partial charge in [-0.05, 0) is 51.1 Å². The predicted octanol–water partition coefficient (Wildman–Crippen LogP) is 0.885. The van der Waals surface area contributed by atoms with E-state index in [-0.39, 0.29) is 11.8 Å². The first-order valence-corrected chi connectivity index (χ1v) is 9.08. The molecule has 5 heteroatoms. The van der Waals surface area contributed by atoms with Crippen LogP contribution < -0.4 is 5.32 Å². The van der Waals surface area contributed by atoms with Crippen molar-refractivity contribution in [1.82, 2.24) is 10.2 Å². The average Bonchev–Trinajstić information content (AvgIpc) is 2.79. The number of hydrogen-bond donors (Lipinski definition) is 1. The van der Waals surface area contributed by atoms with Crippen LogP contribution in [0.1, 0.15) is 32.6 Å². The molecule has 1 unspecified atom stereocenters. The van der Waals surface area contributed by atoms with E-state index >= 15 is 0 Å². The molecule has 0 aromatic carbocycles. The van der Waals surface area contributed by atoms with Crippen molar-refractivity contribution in [2.24, 2.45) is 5.41 Å². The smallest absolute Gasteiger partial charge is 0.148 e. The van der Waals surface area contributed by atoms with Gasteiger partial charge in [-0.2, -0.15) is 0 Å². The highest BCUT2D eigenvalue weighted by Crippen LogP contribution is 2.46. The van der Waals surface area contributed by atoms with Crippen LogP contribution in [0, 0.1) is 5.41 Å². The normalized spacial score (nSPS) is 25.2. The SMILES string of the molecule is CC(CS(C)(=O)=O)NCC1(CN2CCCC2)CC1. The minimum atomic E-state index is -2.87. The fraction of sp³-hybridized carbons (Fsp3) is 1.00. The van der Waals surface area contributed by atoms with Crippen LogP contribution in [0.25, 0.3) is 0 Å². The molecule has 1 aliphatic heterocycles. The van der Waals surface area contributed by atoms with E-state index in [2.05, 4.69) is 10.2 Å². The number of nitrogens with one attached hydrogen (secondary N) is 1. The molecule has 106 valence electrons. The molecule has 1 aliphatic carbocycles. The second-order valence-corrected chi connectivity index (χ2v) is 8.54. The van der Waals surface area contributed by atoms with Gasteiger partial charge < -0.3 is 10.2 Å². The third kappa shape index (κ3) is 4.52. The molecular weight excluding hydrogens is 248 g/mol. The van der Waals surface area contributed by atoms with Gasteiger partial charge in [-0.1, -0.05) is 0 Å². The number of nitrogens with zero attached hydrogens (tertiary/aromatic N) is 1. The molecule has 2 fully saturated rings. The summed E-state index contributed by atoms with van der Waals surface area (Å²) in [6.45, 7) is 6.64. The summed E-state index contributed by atoms with van der Waals surface area (Å²) < 4.78 is 22.4. The lowest BCUT2D eigenvalue weighted by Crippen LogP contribution is -2.40. The van der Waals surface area contributed by atoms with Gasteiger partial charge in [0.15, 0.2) is 0 Å². The Balaban J connectivity index is 1.72. The van der Waals surface area contributed by atoms with Crippen molar-refractivity contribution in [3.63, 3.8) is 0 Å². The van der Waals surface area contributed by atoms with Gasteiger partial charge in [0.25, 0.3) is 0 Å². The third-order valence-electron chi connectivity index (χ3n) is 4.09. The lowest BCUT2D eigenvalue weighted by molar-refractivity contribution is 0.254. The van der Waals surface area contributed by atoms with E-state index < -0.39 is 9.84 Å². The summed E-state index contributed by atoms with van der Waals surface area (Å²) in [6, 6.07) is 0.0658. The molecule has 1 saturated heterocycles. The van der Waals surface area contributed by atoms with E-state index in [0.29, 0.717) is 5.41 Å². The number of hydrogen-bond acceptors (Lipinski definition) is 4. The number of sulfone groups is 1. The highest BCUT2D eigenvalue weighted by atomic mass is 32.2. The van der Waals surface area contributed by atoms with Gasteiger partial charge >= 0.3 is 0 Å². The van der Waals surface area contributed by atoms with Crippen molar-refractivity contribution >= 4 is 9.84 Å². The van der Waals surface area contributed by atoms with Crippen LogP contribution in [0.15, 0.2) is 0 Å². The van der Waals surface area contributed by atoms with E-state index in [9.17, 15) is 8.42 Å². The minimum Gasteiger partial charge on any atom is -0.313 e. The van der Waals surface area contributed by atoms with Crippen molar-refractivity contribution in [3.05, 3.63) is 0 Å². The van der Waals surface area contributed by atoms with Gasteiger partial charge in [0, 0.05) is 25.4 Å². The van der Waals surface area contributed by atoms with Crippen LogP contribution in [-0.4, -0.2) is 57.5 Å². The highest BCUT2D eigenvalue weighted by molar-refractivity contribution is 7.90. The zero-order valence-corrected chi connectivity index (χ0v) is 12.4. The van der Waals surface area contributed by atoms with Crippen molar-refractivity contribution in [2.45, 2.75) is 38.6 Å².